The second-order valence-electron chi connectivity index (χ2n) is 5.93. The van der Waals surface area contributed by atoms with E-state index in [1.165, 1.54) is 0 Å². The van der Waals surface area contributed by atoms with Crippen LogP contribution in [0, 0.1) is 0 Å². The topological polar surface area (TPSA) is 75.6 Å². The van der Waals surface area contributed by atoms with Crippen LogP contribution < -0.4 is 5.32 Å². The highest BCUT2D eigenvalue weighted by atomic mass is 16.6. The standard InChI is InChI=1S/C13H23NO4/c1-12(2,3)18-11(17)14-13(10(15)16)8-6-4-5-7-9-13/h4-9H2,1-3H3,(H,14,17)(H,15,16). The normalized spacial score (nSPS) is 19.7. The molecule has 0 aromatic heterocycles. The highest BCUT2D eigenvalue weighted by molar-refractivity contribution is 5.84. The molecule has 1 saturated carbocycles. The third-order valence-corrected chi connectivity index (χ3v) is 3.11. The summed E-state index contributed by atoms with van der Waals surface area (Å²) >= 11 is 0. The van der Waals surface area contributed by atoms with E-state index >= 15 is 0 Å². The van der Waals surface area contributed by atoms with Crippen molar-refractivity contribution >= 4 is 12.1 Å². The summed E-state index contributed by atoms with van der Waals surface area (Å²) in [7, 11) is 0. The number of carbonyl (C=O) groups is 2. The number of rotatable bonds is 2. The summed E-state index contributed by atoms with van der Waals surface area (Å²) in [6.45, 7) is 5.27. The molecule has 0 radical (unpaired) electrons. The van der Waals surface area contributed by atoms with E-state index in [-0.39, 0.29) is 0 Å². The van der Waals surface area contributed by atoms with Crippen LogP contribution in [0.5, 0.6) is 0 Å². The van der Waals surface area contributed by atoms with Gasteiger partial charge in [-0.05, 0) is 33.6 Å². The summed E-state index contributed by atoms with van der Waals surface area (Å²) in [4.78, 5) is 23.2. The maximum absolute atomic E-state index is 11.8. The van der Waals surface area contributed by atoms with Gasteiger partial charge in [-0.2, -0.15) is 0 Å². The molecule has 18 heavy (non-hydrogen) atoms. The highest BCUT2D eigenvalue weighted by Gasteiger charge is 2.41. The maximum atomic E-state index is 11.8. The molecule has 0 unspecified atom stereocenters. The molecule has 1 aliphatic rings. The van der Waals surface area contributed by atoms with Gasteiger partial charge in [0.1, 0.15) is 11.1 Å². The van der Waals surface area contributed by atoms with Crippen molar-refractivity contribution in [1.29, 1.82) is 0 Å². The lowest BCUT2D eigenvalue weighted by Gasteiger charge is -2.30. The van der Waals surface area contributed by atoms with E-state index < -0.39 is 23.2 Å². The van der Waals surface area contributed by atoms with Gasteiger partial charge in [-0.25, -0.2) is 9.59 Å². The second-order valence-corrected chi connectivity index (χ2v) is 5.93. The predicted octanol–water partition coefficient (Wildman–Crippen LogP) is 2.69. The minimum atomic E-state index is -1.15. The average molecular weight is 257 g/mol. The molecule has 2 N–H and O–H groups in total. The molecule has 5 heteroatoms. The van der Waals surface area contributed by atoms with Crippen molar-refractivity contribution in [3.63, 3.8) is 0 Å². The summed E-state index contributed by atoms with van der Waals surface area (Å²) in [6, 6.07) is 0. The third kappa shape index (κ3) is 4.20. The molecule has 1 rings (SSSR count). The van der Waals surface area contributed by atoms with Gasteiger partial charge in [-0.1, -0.05) is 25.7 Å². The molecule has 1 amide bonds. The first-order valence-electron chi connectivity index (χ1n) is 6.50. The Balaban J connectivity index is 2.73. The lowest BCUT2D eigenvalue weighted by molar-refractivity contribution is -0.145. The molecule has 0 spiro atoms. The maximum Gasteiger partial charge on any atom is 0.408 e. The van der Waals surface area contributed by atoms with Gasteiger partial charge in [0.25, 0.3) is 0 Å². The van der Waals surface area contributed by atoms with E-state index in [1.807, 2.05) is 0 Å². The van der Waals surface area contributed by atoms with Crippen molar-refractivity contribution in [2.75, 3.05) is 0 Å². The zero-order valence-electron chi connectivity index (χ0n) is 11.4. The quantitative estimate of drug-likeness (QED) is 0.746. The number of amides is 1. The van der Waals surface area contributed by atoms with E-state index in [4.69, 9.17) is 4.74 Å². The third-order valence-electron chi connectivity index (χ3n) is 3.11. The van der Waals surface area contributed by atoms with Crippen LogP contribution in [0.4, 0.5) is 4.79 Å². The Kier molecular flexibility index (Phi) is 4.59. The Morgan fingerprint density at radius 1 is 1.11 bits per heavy atom. The number of nitrogens with one attached hydrogen (secondary N) is 1. The van der Waals surface area contributed by atoms with Crippen LogP contribution in [-0.2, 0) is 9.53 Å². The fraction of sp³-hybridized carbons (Fsp3) is 0.846. The Labute approximate surface area is 108 Å². The molecule has 0 aromatic carbocycles. The molecule has 0 bridgehead atoms. The van der Waals surface area contributed by atoms with Crippen molar-refractivity contribution in [2.24, 2.45) is 0 Å². The van der Waals surface area contributed by atoms with Crippen LogP contribution in [0.15, 0.2) is 0 Å². The number of hydrogen-bond donors (Lipinski definition) is 2. The molecule has 0 heterocycles. The number of ether oxygens (including phenoxy) is 1. The van der Waals surface area contributed by atoms with E-state index in [0.29, 0.717) is 12.8 Å². The van der Waals surface area contributed by atoms with Crippen molar-refractivity contribution in [2.45, 2.75) is 70.4 Å². The van der Waals surface area contributed by atoms with Crippen molar-refractivity contribution in [1.82, 2.24) is 5.32 Å². The van der Waals surface area contributed by atoms with E-state index in [1.54, 1.807) is 20.8 Å². The fourth-order valence-electron chi connectivity index (χ4n) is 2.22. The van der Waals surface area contributed by atoms with E-state index in [9.17, 15) is 14.7 Å². The number of aliphatic carboxylic acids is 1. The number of carboxylic acids is 1. The Morgan fingerprint density at radius 3 is 2.00 bits per heavy atom. The molecular formula is C13H23NO4. The minimum absolute atomic E-state index is 0.474. The smallest absolute Gasteiger partial charge is 0.408 e. The minimum Gasteiger partial charge on any atom is -0.480 e. The first-order chi connectivity index (χ1) is 8.25. The van der Waals surface area contributed by atoms with Crippen LogP contribution in [0.2, 0.25) is 0 Å². The van der Waals surface area contributed by atoms with Crippen LogP contribution in [0.25, 0.3) is 0 Å². The van der Waals surface area contributed by atoms with Gasteiger partial charge in [0.2, 0.25) is 0 Å². The average Bonchev–Trinajstić information content (AvgIpc) is 2.41. The lowest BCUT2D eigenvalue weighted by atomic mass is 9.90. The molecule has 5 nitrogen and oxygen atoms in total. The second kappa shape index (κ2) is 5.59. The monoisotopic (exact) mass is 257 g/mol. The van der Waals surface area contributed by atoms with Crippen molar-refractivity contribution < 1.29 is 19.4 Å². The van der Waals surface area contributed by atoms with Gasteiger partial charge < -0.3 is 15.2 Å². The van der Waals surface area contributed by atoms with Crippen molar-refractivity contribution in [3.05, 3.63) is 0 Å². The van der Waals surface area contributed by atoms with Crippen molar-refractivity contribution in [3.8, 4) is 0 Å². The van der Waals surface area contributed by atoms with Gasteiger partial charge in [-0.3, -0.25) is 0 Å². The molecule has 0 saturated heterocycles. The van der Waals surface area contributed by atoms with Crippen LogP contribution in [0.1, 0.15) is 59.3 Å². The van der Waals surface area contributed by atoms with Gasteiger partial charge in [0, 0.05) is 0 Å². The number of carbonyl (C=O) groups excluding carboxylic acids is 1. The summed E-state index contributed by atoms with van der Waals surface area (Å²) in [5.74, 6) is -0.963. The number of alkyl carbamates (subject to hydrolysis) is 1. The van der Waals surface area contributed by atoms with Crippen LogP contribution in [0.3, 0.4) is 0 Å². The summed E-state index contributed by atoms with van der Waals surface area (Å²) in [6.07, 6.45) is 3.98. The lowest BCUT2D eigenvalue weighted by Crippen LogP contribution is -2.55. The number of carboxylic acid groups (broad SMARTS) is 1. The summed E-state index contributed by atoms with van der Waals surface area (Å²) < 4.78 is 5.14. The molecule has 104 valence electrons. The zero-order valence-corrected chi connectivity index (χ0v) is 11.4. The fourth-order valence-corrected chi connectivity index (χ4v) is 2.22. The molecule has 0 aliphatic heterocycles. The Bertz CT molecular complexity index is 311. The Hall–Kier alpha value is -1.26. The molecule has 1 aliphatic carbocycles. The van der Waals surface area contributed by atoms with Crippen LogP contribution in [-0.4, -0.2) is 28.3 Å². The van der Waals surface area contributed by atoms with E-state index in [0.717, 1.165) is 25.7 Å². The zero-order chi connectivity index (χ0) is 13.8. The largest absolute Gasteiger partial charge is 0.480 e. The number of hydrogen-bond acceptors (Lipinski definition) is 3. The summed E-state index contributed by atoms with van der Waals surface area (Å²) in [5.41, 5.74) is -1.77. The Morgan fingerprint density at radius 2 is 1.61 bits per heavy atom. The first-order valence-corrected chi connectivity index (χ1v) is 6.50. The molecular weight excluding hydrogens is 234 g/mol. The van der Waals surface area contributed by atoms with Gasteiger partial charge >= 0.3 is 12.1 Å². The van der Waals surface area contributed by atoms with Gasteiger partial charge in [0.15, 0.2) is 0 Å². The van der Waals surface area contributed by atoms with Gasteiger partial charge in [-0.15, -0.1) is 0 Å². The predicted molar refractivity (Wildman–Crippen MR) is 67.4 cm³/mol. The van der Waals surface area contributed by atoms with Crippen LogP contribution >= 0.6 is 0 Å². The molecule has 1 fully saturated rings. The van der Waals surface area contributed by atoms with E-state index in [2.05, 4.69) is 5.32 Å². The molecule has 0 atom stereocenters. The molecule has 0 aromatic rings. The SMILES string of the molecule is CC(C)(C)OC(=O)NC1(C(=O)O)CCCCCC1. The highest BCUT2D eigenvalue weighted by Crippen LogP contribution is 2.28. The summed E-state index contributed by atoms with van der Waals surface area (Å²) in [5, 5.41) is 12.0. The van der Waals surface area contributed by atoms with Gasteiger partial charge in [0.05, 0.1) is 0 Å². The first kappa shape index (κ1) is 14.8.